The summed E-state index contributed by atoms with van der Waals surface area (Å²) in [4.78, 5) is 41.4. The zero-order chi connectivity index (χ0) is 19.2. The number of carbonyl (C=O) groups is 3. The average Bonchev–Trinajstić information content (AvgIpc) is 2.45. The summed E-state index contributed by atoms with van der Waals surface area (Å²) in [5.74, 6) is -1.06. The SMILES string of the molecule is C[C@@H](O)[C@@H](C(N)=O)N1CC2(CN(C(=O)OC(C)(C)C)CCN2C)C1=O. The van der Waals surface area contributed by atoms with Crippen LogP contribution in [0.3, 0.4) is 0 Å². The van der Waals surface area contributed by atoms with Gasteiger partial charge in [0.2, 0.25) is 11.8 Å². The predicted octanol–water partition coefficient (Wildman–Crippen LogP) is -1.02. The van der Waals surface area contributed by atoms with Gasteiger partial charge in [-0.2, -0.15) is 0 Å². The van der Waals surface area contributed by atoms with E-state index in [9.17, 15) is 19.5 Å². The molecule has 1 unspecified atom stereocenters. The number of nitrogens with zero attached hydrogens (tertiary/aromatic N) is 3. The van der Waals surface area contributed by atoms with Crippen LogP contribution in [0.25, 0.3) is 0 Å². The first-order valence-electron chi connectivity index (χ1n) is 8.37. The molecule has 2 aliphatic heterocycles. The van der Waals surface area contributed by atoms with Gasteiger partial charge in [-0.05, 0) is 34.7 Å². The lowest BCUT2D eigenvalue weighted by molar-refractivity contribution is -0.179. The summed E-state index contributed by atoms with van der Waals surface area (Å²) in [6.07, 6.45) is -1.53. The van der Waals surface area contributed by atoms with E-state index in [-0.39, 0.29) is 19.0 Å². The number of likely N-dealkylation sites (tertiary alicyclic amines) is 1. The van der Waals surface area contributed by atoms with Crippen molar-refractivity contribution in [3.63, 3.8) is 0 Å². The molecule has 3 amide bonds. The Morgan fingerprint density at radius 2 is 1.88 bits per heavy atom. The van der Waals surface area contributed by atoms with Gasteiger partial charge in [0.15, 0.2) is 0 Å². The van der Waals surface area contributed by atoms with Crippen molar-refractivity contribution in [1.29, 1.82) is 0 Å². The summed E-state index contributed by atoms with van der Waals surface area (Å²) in [5.41, 5.74) is 3.79. The molecule has 2 rings (SSSR count). The highest BCUT2D eigenvalue weighted by Gasteiger charge is 2.60. The van der Waals surface area contributed by atoms with Crippen LogP contribution >= 0.6 is 0 Å². The maximum atomic E-state index is 12.8. The van der Waals surface area contributed by atoms with Gasteiger partial charge < -0.3 is 25.4 Å². The third-order valence-corrected chi connectivity index (χ3v) is 4.72. The zero-order valence-corrected chi connectivity index (χ0v) is 15.5. The average molecular weight is 356 g/mol. The number of ether oxygens (including phenoxy) is 1. The lowest BCUT2D eigenvalue weighted by atomic mass is 9.82. The molecular formula is C16H28N4O5. The zero-order valence-electron chi connectivity index (χ0n) is 15.5. The lowest BCUT2D eigenvalue weighted by Gasteiger charge is -2.58. The number of likely N-dealkylation sites (N-methyl/N-ethyl adjacent to an activating group) is 1. The van der Waals surface area contributed by atoms with Crippen LogP contribution in [0.15, 0.2) is 0 Å². The fraction of sp³-hybridized carbons (Fsp3) is 0.812. The number of rotatable bonds is 3. The Morgan fingerprint density at radius 1 is 1.28 bits per heavy atom. The minimum Gasteiger partial charge on any atom is -0.444 e. The summed E-state index contributed by atoms with van der Waals surface area (Å²) in [6.45, 7) is 8.14. The van der Waals surface area contributed by atoms with Crippen molar-refractivity contribution in [3.05, 3.63) is 0 Å². The Bertz CT molecular complexity index is 573. The van der Waals surface area contributed by atoms with E-state index in [1.165, 1.54) is 16.7 Å². The Hall–Kier alpha value is -1.87. The van der Waals surface area contributed by atoms with Crippen LogP contribution in [0.2, 0.25) is 0 Å². The normalized spacial score (nSPS) is 27.0. The van der Waals surface area contributed by atoms with Crippen LogP contribution in [0.5, 0.6) is 0 Å². The van der Waals surface area contributed by atoms with Crippen molar-refractivity contribution in [3.8, 4) is 0 Å². The van der Waals surface area contributed by atoms with E-state index >= 15 is 0 Å². The highest BCUT2D eigenvalue weighted by molar-refractivity contribution is 5.97. The van der Waals surface area contributed by atoms with Crippen molar-refractivity contribution >= 4 is 17.9 Å². The van der Waals surface area contributed by atoms with Gasteiger partial charge in [0.25, 0.3) is 0 Å². The molecule has 0 saturated carbocycles. The van der Waals surface area contributed by atoms with Crippen LogP contribution in [0.4, 0.5) is 4.79 Å². The van der Waals surface area contributed by atoms with E-state index in [2.05, 4.69) is 0 Å². The van der Waals surface area contributed by atoms with Gasteiger partial charge in [-0.25, -0.2) is 4.79 Å². The Labute approximate surface area is 147 Å². The number of hydrogen-bond donors (Lipinski definition) is 2. The smallest absolute Gasteiger partial charge is 0.410 e. The summed E-state index contributed by atoms with van der Waals surface area (Å²) in [6, 6.07) is -1.07. The van der Waals surface area contributed by atoms with Crippen LogP contribution in [-0.2, 0) is 14.3 Å². The highest BCUT2D eigenvalue weighted by atomic mass is 16.6. The highest BCUT2D eigenvalue weighted by Crippen LogP contribution is 2.34. The van der Waals surface area contributed by atoms with E-state index in [0.717, 1.165) is 0 Å². The van der Waals surface area contributed by atoms with Crippen molar-refractivity contribution < 1.29 is 24.2 Å². The van der Waals surface area contributed by atoms with Crippen LogP contribution in [-0.4, -0.2) is 94.2 Å². The predicted molar refractivity (Wildman–Crippen MR) is 89.5 cm³/mol. The van der Waals surface area contributed by atoms with Crippen LogP contribution in [0.1, 0.15) is 27.7 Å². The van der Waals surface area contributed by atoms with Gasteiger partial charge in [0, 0.05) is 13.1 Å². The summed E-state index contributed by atoms with van der Waals surface area (Å²) < 4.78 is 5.39. The van der Waals surface area contributed by atoms with Crippen molar-refractivity contribution in [2.75, 3.05) is 33.2 Å². The lowest BCUT2D eigenvalue weighted by Crippen LogP contribution is -2.82. The van der Waals surface area contributed by atoms with Gasteiger partial charge >= 0.3 is 6.09 Å². The Kier molecular flexibility index (Phi) is 5.02. The summed E-state index contributed by atoms with van der Waals surface area (Å²) >= 11 is 0. The molecule has 3 N–H and O–H groups in total. The molecule has 2 heterocycles. The number of β-lactam (4-membered cyclic amide) rings is 1. The minimum absolute atomic E-state index is 0.180. The van der Waals surface area contributed by atoms with Gasteiger partial charge in [-0.1, -0.05) is 0 Å². The van der Waals surface area contributed by atoms with Crippen LogP contribution in [0, 0.1) is 0 Å². The van der Waals surface area contributed by atoms with E-state index in [1.54, 1.807) is 20.8 Å². The van der Waals surface area contributed by atoms with E-state index < -0.39 is 35.3 Å². The van der Waals surface area contributed by atoms with Crippen LogP contribution < -0.4 is 5.73 Å². The molecule has 9 nitrogen and oxygen atoms in total. The summed E-state index contributed by atoms with van der Waals surface area (Å²) in [7, 11) is 1.81. The van der Waals surface area contributed by atoms with Gasteiger partial charge in [0.05, 0.1) is 19.2 Å². The molecule has 2 fully saturated rings. The second-order valence-corrected chi connectivity index (χ2v) is 7.88. The topological polar surface area (TPSA) is 116 Å². The number of amides is 3. The second kappa shape index (κ2) is 6.45. The van der Waals surface area contributed by atoms with Crippen molar-refractivity contribution in [1.82, 2.24) is 14.7 Å². The molecule has 0 aromatic rings. The number of aliphatic hydroxyl groups excluding tert-OH is 1. The molecule has 2 saturated heterocycles. The molecule has 25 heavy (non-hydrogen) atoms. The third-order valence-electron chi connectivity index (χ3n) is 4.72. The van der Waals surface area contributed by atoms with E-state index in [4.69, 9.17) is 10.5 Å². The Balaban J connectivity index is 2.14. The summed E-state index contributed by atoms with van der Waals surface area (Å²) in [5, 5.41) is 9.76. The molecule has 0 radical (unpaired) electrons. The number of carbonyl (C=O) groups excluding carboxylic acids is 3. The Morgan fingerprint density at radius 3 is 2.32 bits per heavy atom. The number of piperazine rings is 1. The molecular weight excluding hydrogens is 328 g/mol. The molecule has 2 aliphatic rings. The fourth-order valence-electron chi connectivity index (χ4n) is 3.36. The molecule has 0 aromatic heterocycles. The van der Waals surface area contributed by atoms with E-state index in [0.29, 0.717) is 13.1 Å². The number of aliphatic hydroxyl groups is 1. The number of hydrogen-bond acceptors (Lipinski definition) is 6. The molecule has 1 spiro atoms. The largest absolute Gasteiger partial charge is 0.444 e. The third kappa shape index (κ3) is 3.57. The molecule has 3 atom stereocenters. The first kappa shape index (κ1) is 19.5. The van der Waals surface area contributed by atoms with Crippen molar-refractivity contribution in [2.24, 2.45) is 5.73 Å². The second-order valence-electron chi connectivity index (χ2n) is 7.88. The maximum absolute atomic E-state index is 12.8. The minimum atomic E-state index is -1.07. The standard InChI is InChI=1S/C16H28N4O5/c1-10(21)11(12(17)22)20-9-16(13(20)23)8-19(7-6-18(16)5)14(24)25-15(2,3)4/h10-11,21H,6-9H2,1-5H3,(H2,17,22)/t10-,11+,16?/m1/s1. The number of primary amides is 1. The molecule has 9 heteroatoms. The monoisotopic (exact) mass is 356 g/mol. The number of nitrogens with two attached hydrogens (primary N) is 1. The molecule has 0 aromatic carbocycles. The fourth-order valence-corrected chi connectivity index (χ4v) is 3.36. The first-order chi connectivity index (χ1) is 11.4. The first-order valence-corrected chi connectivity index (χ1v) is 8.37. The van der Waals surface area contributed by atoms with Gasteiger partial charge in [-0.3, -0.25) is 14.5 Å². The molecule has 142 valence electrons. The van der Waals surface area contributed by atoms with Crippen molar-refractivity contribution in [2.45, 2.75) is 51.0 Å². The molecule has 0 bridgehead atoms. The van der Waals surface area contributed by atoms with Gasteiger partial charge in [0.1, 0.15) is 17.2 Å². The molecule has 0 aliphatic carbocycles. The van der Waals surface area contributed by atoms with E-state index in [1.807, 2.05) is 11.9 Å². The quantitative estimate of drug-likeness (QED) is 0.626. The van der Waals surface area contributed by atoms with Gasteiger partial charge in [-0.15, -0.1) is 0 Å². The maximum Gasteiger partial charge on any atom is 0.410 e.